The topological polar surface area (TPSA) is 73.2 Å². The fourth-order valence-corrected chi connectivity index (χ4v) is 7.12. The predicted molar refractivity (Wildman–Crippen MR) is 183 cm³/mol. The molecule has 1 amide bonds. The summed E-state index contributed by atoms with van der Waals surface area (Å²) >= 11 is 2.56. The van der Waals surface area contributed by atoms with Gasteiger partial charge in [-0.25, -0.2) is 0 Å². The van der Waals surface area contributed by atoms with E-state index in [0.717, 1.165) is 38.9 Å². The van der Waals surface area contributed by atoms with Gasteiger partial charge in [0.05, 0.1) is 0 Å². The Balaban J connectivity index is 1.14. The van der Waals surface area contributed by atoms with Crippen molar-refractivity contribution < 1.29 is 14.3 Å². The monoisotopic (exact) mass is 682 g/mol. The number of imidazole rings is 1. The van der Waals surface area contributed by atoms with Crippen molar-refractivity contribution in [1.82, 2.24) is 14.9 Å². The Morgan fingerprint density at radius 3 is 1.68 bits per heavy atom. The van der Waals surface area contributed by atoms with E-state index in [-0.39, 0.29) is 23.6 Å². The van der Waals surface area contributed by atoms with Crippen molar-refractivity contribution in [1.29, 1.82) is 0 Å². The van der Waals surface area contributed by atoms with E-state index in [9.17, 15) is 9.59 Å². The molecule has 231 valence electrons. The molecule has 1 aromatic heterocycles. The molecule has 0 saturated heterocycles. The van der Waals surface area contributed by atoms with Crippen molar-refractivity contribution in [2.45, 2.75) is 23.9 Å². The molecule has 0 bridgehead atoms. The third kappa shape index (κ3) is 5.80. The zero-order valence-corrected chi connectivity index (χ0v) is 27.2. The van der Waals surface area contributed by atoms with Crippen LogP contribution in [0.25, 0.3) is 11.1 Å². The third-order valence-electron chi connectivity index (χ3n) is 8.93. The van der Waals surface area contributed by atoms with Crippen molar-refractivity contribution in [2.24, 2.45) is 0 Å². The number of hydrogen-bond acceptors (Lipinski definition) is 4. The molecule has 6 aromatic rings. The predicted octanol–water partition coefficient (Wildman–Crippen LogP) is 6.87. The molecular formula is C40H32N3O3Se. The van der Waals surface area contributed by atoms with Crippen LogP contribution in [0.15, 0.2) is 152 Å². The quantitative estimate of drug-likeness (QED) is 0.127. The fraction of sp³-hybridized carbons (Fsp3) is 0.125. The first-order valence-electron chi connectivity index (χ1n) is 15.6. The fourth-order valence-electron chi connectivity index (χ4n) is 6.82. The second-order valence-corrected chi connectivity index (χ2v) is 12.5. The molecule has 1 radical (unpaired) electrons. The van der Waals surface area contributed by atoms with Crippen LogP contribution in [-0.4, -0.2) is 49.0 Å². The molecule has 0 fully saturated rings. The summed E-state index contributed by atoms with van der Waals surface area (Å²) in [4.78, 5) is 30.7. The van der Waals surface area contributed by atoms with E-state index >= 15 is 0 Å². The molecule has 7 heteroatoms. The number of alkyl carbamates (subject to hydrolysis) is 1. The number of rotatable bonds is 10. The van der Waals surface area contributed by atoms with E-state index in [1.807, 2.05) is 85.1 Å². The molecule has 0 unspecified atom stereocenters. The zero-order valence-electron chi connectivity index (χ0n) is 25.5. The van der Waals surface area contributed by atoms with Crippen molar-refractivity contribution in [3.8, 4) is 11.1 Å². The number of nitrogens with zero attached hydrogens (tertiary/aromatic N) is 2. The van der Waals surface area contributed by atoms with Crippen LogP contribution in [0.3, 0.4) is 0 Å². The van der Waals surface area contributed by atoms with E-state index in [2.05, 4.69) is 86.6 Å². The molecule has 47 heavy (non-hydrogen) atoms. The van der Waals surface area contributed by atoms with Crippen LogP contribution in [-0.2, 0) is 21.5 Å². The van der Waals surface area contributed by atoms with Crippen LogP contribution < -0.4 is 5.32 Å². The van der Waals surface area contributed by atoms with Crippen LogP contribution in [0.4, 0.5) is 4.79 Å². The number of ether oxygens (including phenoxy) is 1. The number of carbonyl (C=O) groups is 2. The number of amides is 1. The summed E-state index contributed by atoms with van der Waals surface area (Å²) < 4.78 is 7.55. The van der Waals surface area contributed by atoms with E-state index < -0.39 is 17.7 Å². The second kappa shape index (κ2) is 13.2. The number of hydrogen-bond donors (Lipinski definition) is 1. The molecule has 6 nitrogen and oxygen atoms in total. The minimum absolute atomic E-state index is 0.0757. The van der Waals surface area contributed by atoms with E-state index in [1.165, 1.54) is 0 Å². The Morgan fingerprint density at radius 2 is 1.19 bits per heavy atom. The molecule has 0 saturated carbocycles. The Hall–Kier alpha value is -5.23. The molecule has 1 atom stereocenters. The van der Waals surface area contributed by atoms with Crippen molar-refractivity contribution in [3.05, 3.63) is 186 Å². The van der Waals surface area contributed by atoms with Gasteiger partial charge in [0, 0.05) is 0 Å². The van der Waals surface area contributed by atoms with Crippen LogP contribution in [0, 0.1) is 0 Å². The third-order valence-corrected chi connectivity index (χ3v) is 9.53. The molecule has 5 aromatic carbocycles. The normalized spacial score (nSPS) is 12.9. The summed E-state index contributed by atoms with van der Waals surface area (Å²) in [5.41, 5.74) is 7.68. The summed E-state index contributed by atoms with van der Waals surface area (Å²) in [5, 5.41) is 2.79. The van der Waals surface area contributed by atoms with Gasteiger partial charge in [-0.2, -0.15) is 0 Å². The number of fused-ring (bicyclic) bond motifs is 3. The molecule has 1 N–H and O–H groups in total. The summed E-state index contributed by atoms with van der Waals surface area (Å²) in [6, 6.07) is 46.5. The van der Waals surface area contributed by atoms with Gasteiger partial charge in [0.15, 0.2) is 0 Å². The number of benzene rings is 5. The first kappa shape index (κ1) is 30.4. The van der Waals surface area contributed by atoms with Gasteiger partial charge in [-0.15, -0.1) is 0 Å². The zero-order chi connectivity index (χ0) is 32.2. The Bertz CT molecular complexity index is 1870. The van der Waals surface area contributed by atoms with Crippen LogP contribution in [0.2, 0.25) is 0 Å². The summed E-state index contributed by atoms with van der Waals surface area (Å²) in [6.45, 7) is 0.163. The maximum absolute atomic E-state index is 13.1. The van der Waals surface area contributed by atoms with Crippen LogP contribution >= 0.6 is 0 Å². The first-order chi connectivity index (χ1) is 23.1. The van der Waals surface area contributed by atoms with Gasteiger partial charge < -0.3 is 0 Å². The van der Waals surface area contributed by atoms with Gasteiger partial charge >= 0.3 is 283 Å². The minimum atomic E-state index is -0.853. The van der Waals surface area contributed by atoms with Crippen molar-refractivity contribution in [3.63, 3.8) is 0 Å². The Morgan fingerprint density at radius 1 is 0.723 bits per heavy atom. The van der Waals surface area contributed by atoms with Gasteiger partial charge in [0.1, 0.15) is 0 Å². The standard InChI is InChI=1S/C40H32N3O3Se/c44-38(47)37(42-39(45)46-26-36-34-22-12-10-20-32(34)33-21-11-13-23-35(33)36)24-31-25-43(27-41-31)40(28-14-4-1-5-15-28,29-16-6-2-7-17-29)30-18-8-3-9-19-30/h1-23,25,27,36-37H,24,26H2,(H,42,45)/t37-/m1/s1. The van der Waals surface area contributed by atoms with Gasteiger partial charge in [0.2, 0.25) is 0 Å². The molecule has 0 spiro atoms. The van der Waals surface area contributed by atoms with Crippen LogP contribution in [0.5, 0.6) is 0 Å². The summed E-state index contributed by atoms with van der Waals surface area (Å²) in [6.07, 6.45) is 3.31. The van der Waals surface area contributed by atoms with Gasteiger partial charge in [-0.05, 0) is 0 Å². The molecule has 0 aliphatic heterocycles. The maximum atomic E-state index is 13.1. The second-order valence-electron chi connectivity index (χ2n) is 11.6. The van der Waals surface area contributed by atoms with Crippen molar-refractivity contribution in [2.75, 3.05) is 6.61 Å². The van der Waals surface area contributed by atoms with E-state index in [4.69, 9.17) is 9.72 Å². The average Bonchev–Trinajstić information content (AvgIpc) is 3.71. The average molecular weight is 682 g/mol. The van der Waals surface area contributed by atoms with Crippen LogP contribution in [0.1, 0.15) is 39.4 Å². The Labute approximate surface area is 282 Å². The van der Waals surface area contributed by atoms with Crippen molar-refractivity contribution >= 4 is 26.8 Å². The summed E-state index contributed by atoms with van der Waals surface area (Å²) in [7, 11) is 0. The molecule has 1 aliphatic rings. The molecule has 7 rings (SSSR count). The summed E-state index contributed by atoms with van der Waals surface area (Å²) in [5.74, 6) is -0.0757. The first-order valence-corrected chi connectivity index (χ1v) is 16.4. The number of aromatic nitrogens is 2. The molecule has 1 aliphatic carbocycles. The van der Waals surface area contributed by atoms with E-state index in [1.54, 1.807) is 6.33 Å². The molecule has 1 heterocycles. The van der Waals surface area contributed by atoms with Gasteiger partial charge in [0.25, 0.3) is 0 Å². The number of nitrogens with one attached hydrogen (secondary N) is 1. The Kier molecular flexibility index (Phi) is 8.58. The SMILES string of the molecule is O=C(N[C@H](Cc1cn(C(c2ccccc2)(c2ccccc2)c2ccccc2)cn1)C(=O)[Se])OCC1c2ccccc2-c2ccccc21. The van der Waals surface area contributed by atoms with E-state index in [0.29, 0.717) is 5.69 Å². The molecular weight excluding hydrogens is 649 g/mol. The van der Waals surface area contributed by atoms with Gasteiger partial charge in [-0.3, -0.25) is 0 Å². The van der Waals surface area contributed by atoms with Gasteiger partial charge in [-0.1, -0.05) is 0 Å². The number of carbonyl (C=O) groups excluding carboxylic acids is 2.